The Morgan fingerprint density at radius 2 is 2.00 bits per heavy atom. The number of hydrogen-bond acceptors (Lipinski definition) is 4. The monoisotopic (exact) mass is 331 g/mol. The molecule has 6 heteroatoms. The molecule has 0 saturated carbocycles. The summed E-state index contributed by atoms with van der Waals surface area (Å²) in [7, 11) is 0. The van der Waals surface area contributed by atoms with Gasteiger partial charge in [-0.25, -0.2) is 14.1 Å². The lowest BCUT2D eigenvalue weighted by atomic mass is 9.81. The maximum atomic E-state index is 15.1. The zero-order valence-corrected chi connectivity index (χ0v) is 13.3. The third kappa shape index (κ3) is 3.39. The molecule has 0 unspecified atom stereocenters. The highest BCUT2D eigenvalue weighted by atomic mass is 19.1. The summed E-state index contributed by atoms with van der Waals surface area (Å²) < 4.78 is 16.7. The Morgan fingerprint density at radius 3 is 2.56 bits per heavy atom. The normalized spacial score (nSPS) is 16.4. The van der Waals surface area contributed by atoms with Crippen molar-refractivity contribution < 1.29 is 4.39 Å². The zero-order valence-electron chi connectivity index (χ0n) is 13.3. The molecule has 0 aliphatic heterocycles. The number of aromatic nitrogens is 3. The number of nitrogens with zero attached hydrogens (tertiary/aromatic N) is 5. The van der Waals surface area contributed by atoms with Crippen LogP contribution >= 0.6 is 0 Å². The van der Waals surface area contributed by atoms with Crippen LogP contribution in [-0.4, -0.2) is 14.8 Å². The van der Waals surface area contributed by atoms with Gasteiger partial charge >= 0.3 is 0 Å². The minimum absolute atomic E-state index is 0.197. The van der Waals surface area contributed by atoms with Crippen LogP contribution in [0, 0.1) is 28.1 Å². The maximum absolute atomic E-state index is 15.1. The van der Waals surface area contributed by atoms with Crippen molar-refractivity contribution in [3.05, 3.63) is 77.9 Å². The third-order valence-corrected chi connectivity index (χ3v) is 4.02. The van der Waals surface area contributed by atoms with Gasteiger partial charge in [-0.05, 0) is 11.6 Å². The third-order valence-electron chi connectivity index (χ3n) is 4.02. The molecule has 0 amide bonds. The zero-order chi connectivity index (χ0) is 17.7. The van der Waals surface area contributed by atoms with Gasteiger partial charge in [-0.1, -0.05) is 42.5 Å². The minimum Gasteiger partial charge on any atom is -0.248 e. The second-order valence-corrected chi connectivity index (χ2v) is 5.64. The highest BCUT2D eigenvalue weighted by Crippen LogP contribution is 2.34. The average molecular weight is 331 g/mol. The first-order valence-corrected chi connectivity index (χ1v) is 7.66. The van der Waals surface area contributed by atoms with Gasteiger partial charge in [-0.2, -0.15) is 15.6 Å². The lowest BCUT2D eigenvalue weighted by Gasteiger charge is -2.19. The smallest absolute Gasteiger partial charge is 0.165 e. The van der Waals surface area contributed by atoms with E-state index < -0.39 is 5.41 Å². The van der Waals surface area contributed by atoms with Crippen molar-refractivity contribution in [2.75, 3.05) is 0 Å². The fraction of sp³-hybridized carbons (Fsp3) is 0.158. The largest absolute Gasteiger partial charge is 0.248 e. The van der Waals surface area contributed by atoms with Crippen molar-refractivity contribution >= 4 is 5.83 Å². The predicted octanol–water partition coefficient (Wildman–Crippen LogP) is 3.58. The second-order valence-electron chi connectivity index (χ2n) is 5.64. The number of allylic oxidation sites excluding steroid dienone is 5. The molecular formula is C19H14FN5. The first-order valence-electron chi connectivity index (χ1n) is 7.66. The Balaban J connectivity index is 2.02. The fourth-order valence-electron chi connectivity index (χ4n) is 2.58. The van der Waals surface area contributed by atoms with Crippen molar-refractivity contribution in [2.45, 2.75) is 13.0 Å². The lowest BCUT2D eigenvalue weighted by molar-refractivity contribution is 0.645. The topological polar surface area (TPSA) is 78.3 Å². The van der Waals surface area contributed by atoms with E-state index in [2.05, 4.69) is 10.1 Å². The summed E-state index contributed by atoms with van der Waals surface area (Å²) in [5.74, 6) is -0.367. The average Bonchev–Trinajstić information content (AvgIpc) is 3.20. The van der Waals surface area contributed by atoms with E-state index in [0.717, 1.165) is 0 Å². The molecule has 5 nitrogen and oxygen atoms in total. The molecule has 1 heterocycles. The van der Waals surface area contributed by atoms with Crippen molar-refractivity contribution in [1.29, 1.82) is 10.5 Å². The molecule has 0 bridgehead atoms. The molecule has 0 spiro atoms. The van der Waals surface area contributed by atoms with Gasteiger partial charge in [0.15, 0.2) is 5.41 Å². The molecule has 2 aromatic rings. The SMILES string of the molecule is N#CC1(C#N)C=CC(/C(Cn2cncn2)=C(\F)c2ccccc2)=CC1. The molecule has 0 fully saturated rings. The molecule has 1 aromatic carbocycles. The van der Waals surface area contributed by atoms with Gasteiger partial charge in [-0.15, -0.1) is 0 Å². The van der Waals surface area contributed by atoms with Crippen LogP contribution in [0.15, 0.2) is 72.4 Å². The van der Waals surface area contributed by atoms with E-state index in [1.807, 2.05) is 18.2 Å². The minimum atomic E-state index is -1.19. The first kappa shape index (κ1) is 16.4. The molecule has 3 rings (SSSR count). The Morgan fingerprint density at radius 1 is 1.24 bits per heavy atom. The van der Waals surface area contributed by atoms with Gasteiger partial charge in [0, 0.05) is 17.6 Å². The summed E-state index contributed by atoms with van der Waals surface area (Å²) in [6.45, 7) is 0.197. The van der Waals surface area contributed by atoms with Crippen LogP contribution in [0.5, 0.6) is 0 Å². The summed E-state index contributed by atoms with van der Waals surface area (Å²) in [6.07, 6.45) is 8.00. The predicted molar refractivity (Wildman–Crippen MR) is 90.0 cm³/mol. The Labute approximate surface area is 144 Å². The van der Waals surface area contributed by atoms with Crippen LogP contribution in [0.3, 0.4) is 0 Å². The lowest BCUT2D eigenvalue weighted by Crippen LogP contribution is -2.15. The van der Waals surface area contributed by atoms with Crippen molar-refractivity contribution in [3.8, 4) is 12.1 Å². The standard InChI is InChI=1S/C19H14FN5/c20-18(16-4-2-1-3-5-16)17(10-25-14-23-13-24-25)15-6-8-19(11-21,12-22)9-7-15/h1-8,13-14H,9-10H2/b18-17-. The quantitative estimate of drug-likeness (QED) is 0.858. The number of hydrogen-bond donors (Lipinski definition) is 0. The van der Waals surface area contributed by atoms with E-state index in [1.54, 1.807) is 36.4 Å². The molecule has 1 aliphatic carbocycles. The first-order chi connectivity index (χ1) is 12.2. The number of rotatable bonds is 4. The Kier molecular flexibility index (Phi) is 4.54. The molecule has 25 heavy (non-hydrogen) atoms. The van der Waals surface area contributed by atoms with Crippen LogP contribution < -0.4 is 0 Å². The molecule has 0 N–H and O–H groups in total. The summed E-state index contributed by atoms with van der Waals surface area (Å²) in [6, 6.07) is 12.7. The molecular weight excluding hydrogens is 317 g/mol. The van der Waals surface area contributed by atoms with Gasteiger partial charge in [0.25, 0.3) is 0 Å². The number of nitriles is 2. The highest BCUT2D eigenvalue weighted by Gasteiger charge is 2.29. The Bertz CT molecular complexity index is 910. The number of benzene rings is 1. The van der Waals surface area contributed by atoms with Gasteiger partial charge in [0.2, 0.25) is 0 Å². The van der Waals surface area contributed by atoms with E-state index in [-0.39, 0.29) is 18.8 Å². The molecule has 122 valence electrons. The fourth-order valence-corrected chi connectivity index (χ4v) is 2.58. The molecule has 1 aliphatic rings. The van der Waals surface area contributed by atoms with Crippen LogP contribution in [0.1, 0.15) is 12.0 Å². The molecule has 1 aromatic heterocycles. The highest BCUT2D eigenvalue weighted by molar-refractivity contribution is 5.68. The van der Waals surface area contributed by atoms with E-state index in [9.17, 15) is 10.5 Å². The van der Waals surface area contributed by atoms with E-state index >= 15 is 4.39 Å². The van der Waals surface area contributed by atoms with Crippen molar-refractivity contribution in [1.82, 2.24) is 14.8 Å². The summed E-state index contributed by atoms with van der Waals surface area (Å²) >= 11 is 0. The molecule has 0 radical (unpaired) electrons. The van der Waals surface area contributed by atoms with Crippen LogP contribution in [0.25, 0.3) is 5.83 Å². The van der Waals surface area contributed by atoms with E-state index in [4.69, 9.17) is 0 Å². The second kappa shape index (κ2) is 6.94. The van der Waals surface area contributed by atoms with Gasteiger partial charge in [-0.3, -0.25) is 0 Å². The maximum Gasteiger partial charge on any atom is 0.165 e. The Hall–Kier alpha value is -3.51. The summed E-state index contributed by atoms with van der Waals surface area (Å²) in [5, 5.41) is 22.4. The molecule has 0 saturated heterocycles. The molecule has 0 atom stereocenters. The summed E-state index contributed by atoms with van der Waals surface area (Å²) in [4.78, 5) is 3.89. The van der Waals surface area contributed by atoms with Crippen molar-refractivity contribution in [3.63, 3.8) is 0 Å². The van der Waals surface area contributed by atoms with E-state index in [1.165, 1.54) is 23.4 Å². The van der Waals surface area contributed by atoms with Gasteiger partial charge in [0.1, 0.15) is 18.5 Å². The van der Waals surface area contributed by atoms with Crippen molar-refractivity contribution in [2.24, 2.45) is 5.41 Å². The van der Waals surface area contributed by atoms with Gasteiger partial charge < -0.3 is 0 Å². The van der Waals surface area contributed by atoms with Gasteiger partial charge in [0.05, 0.1) is 18.7 Å². The van der Waals surface area contributed by atoms with Crippen LogP contribution in [0.4, 0.5) is 4.39 Å². The number of halogens is 1. The van der Waals surface area contributed by atoms with Crippen LogP contribution in [0.2, 0.25) is 0 Å². The van der Waals surface area contributed by atoms with E-state index in [0.29, 0.717) is 16.7 Å². The van der Waals surface area contributed by atoms with Crippen LogP contribution in [-0.2, 0) is 6.54 Å². The summed E-state index contributed by atoms with van der Waals surface area (Å²) in [5.41, 5.74) is 0.338.